The maximum absolute atomic E-state index is 10.5. The van der Waals surface area contributed by atoms with E-state index in [0.29, 0.717) is 18.0 Å². The molecule has 2 aromatic rings. The summed E-state index contributed by atoms with van der Waals surface area (Å²) >= 11 is 0. The molecule has 1 aliphatic heterocycles. The van der Waals surface area contributed by atoms with Gasteiger partial charge in [-0.3, -0.25) is 9.80 Å². The first-order chi connectivity index (χ1) is 15.6. The maximum Gasteiger partial charge on any atom is 0.161 e. The zero-order chi connectivity index (χ0) is 22.8. The average molecular weight is 442 g/mol. The zero-order valence-electron chi connectivity index (χ0n) is 19.9. The molecule has 32 heavy (non-hydrogen) atoms. The fraction of sp³-hybridized carbons (Fsp3) is 0.538. The van der Waals surface area contributed by atoms with Crippen LogP contribution < -0.4 is 9.47 Å². The van der Waals surface area contributed by atoms with Crippen molar-refractivity contribution < 1.29 is 14.6 Å². The average Bonchev–Trinajstić information content (AvgIpc) is 2.80. The molecule has 0 bridgehead atoms. The second kappa shape index (κ2) is 12.8. The summed E-state index contributed by atoms with van der Waals surface area (Å²) in [5, 5.41) is 10.5. The minimum Gasteiger partial charge on any atom is -0.493 e. The number of likely N-dealkylation sites (N-methyl/N-ethyl adjacent to an activating group) is 1. The van der Waals surface area contributed by atoms with E-state index in [4.69, 9.17) is 9.47 Å². The van der Waals surface area contributed by atoms with Gasteiger partial charge in [-0.15, -0.1) is 0 Å². The monoisotopic (exact) mass is 441 g/mol. The topological polar surface area (TPSA) is 48.4 Å². The van der Waals surface area contributed by atoms with Crippen molar-refractivity contribution in [3.63, 3.8) is 0 Å². The molecule has 0 amide bonds. The molecule has 2 aromatic carbocycles. The summed E-state index contributed by atoms with van der Waals surface area (Å²) < 4.78 is 11.5. The van der Waals surface area contributed by atoms with Gasteiger partial charge in [-0.05, 0) is 43.3 Å². The van der Waals surface area contributed by atoms with Gasteiger partial charge in [0.15, 0.2) is 11.5 Å². The van der Waals surface area contributed by atoms with E-state index in [2.05, 4.69) is 45.9 Å². The Labute approximate surface area is 193 Å². The number of aliphatic hydroxyl groups excluding tert-OH is 1. The van der Waals surface area contributed by atoms with Gasteiger partial charge in [0.1, 0.15) is 12.7 Å². The Hall–Kier alpha value is -2.12. The summed E-state index contributed by atoms with van der Waals surface area (Å²) in [4.78, 5) is 7.13. The molecular weight excluding hydrogens is 402 g/mol. The van der Waals surface area contributed by atoms with Crippen molar-refractivity contribution in [3.05, 3.63) is 59.7 Å². The quantitative estimate of drug-likeness (QED) is 0.546. The fourth-order valence-corrected chi connectivity index (χ4v) is 4.24. The molecule has 0 saturated carbocycles. The van der Waals surface area contributed by atoms with Crippen LogP contribution in [0.2, 0.25) is 0 Å². The van der Waals surface area contributed by atoms with Crippen molar-refractivity contribution in [2.24, 2.45) is 0 Å². The first-order valence-electron chi connectivity index (χ1n) is 11.7. The van der Waals surface area contributed by atoms with Gasteiger partial charge in [0.05, 0.1) is 7.11 Å². The lowest BCUT2D eigenvalue weighted by Crippen LogP contribution is -2.45. The number of aliphatic hydroxyl groups is 1. The van der Waals surface area contributed by atoms with Crippen molar-refractivity contribution in [3.8, 4) is 11.5 Å². The molecule has 1 aliphatic rings. The number of benzene rings is 2. The molecule has 6 heteroatoms. The number of methoxy groups -OCH3 is 1. The van der Waals surface area contributed by atoms with Gasteiger partial charge in [0.25, 0.3) is 0 Å². The fourth-order valence-electron chi connectivity index (χ4n) is 4.24. The second-order valence-electron chi connectivity index (χ2n) is 8.75. The predicted molar refractivity (Wildman–Crippen MR) is 129 cm³/mol. The minimum absolute atomic E-state index is 0.231. The third kappa shape index (κ3) is 7.78. The molecule has 0 aromatic heterocycles. The molecule has 1 saturated heterocycles. The Morgan fingerprint density at radius 2 is 1.69 bits per heavy atom. The maximum atomic E-state index is 10.5. The van der Waals surface area contributed by atoms with Crippen molar-refractivity contribution >= 4 is 0 Å². The highest BCUT2D eigenvalue weighted by Gasteiger charge is 2.17. The van der Waals surface area contributed by atoms with Crippen molar-refractivity contribution in [2.75, 3.05) is 60.0 Å². The van der Waals surface area contributed by atoms with Crippen LogP contribution in [-0.4, -0.2) is 85.9 Å². The summed E-state index contributed by atoms with van der Waals surface area (Å²) in [5.74, 6) is 1.39. The highest BCUT2D eigenvalue weighted by atomic mass is 16.5. The van der Waals surface area contributed by atoms with Crippen LogP contribution in [0.15, 0.2) is 48.5 Å². The van der Waals surface area contributed by atoms with Crippen LogP contribution in [0.25, 0.3) is 0 Å². The summed E-state index contributed by atoms with van der Waals surface area (Å²) in [6.07, 6.45) is 0.635. The lowest BCUT2D eigenvalue weighted by atomic mass is 10.1. The Morgan fingerprint density at radius 3 is 2.38 bits per heavy atom. The predicted octanol–water partition coefficient (Wildman–Crippen LogP) is 3.09. The molecule has 176 valence electrons. The summed E-state index contributed by atoms with van der Waals surface area (Å²) in [5.41, 5.74) is 2.44. The first kappa shape index (κ1) is 24.5. The van der Waals surface area contributed by atoms with E-state index in [0.717, 1.165) is 39.3 Å². The first-order valence-corrected chi connectivity index (χ1v) is 11.7. The van der Waals surface area contributed by atoms with Gasteiger partial charge in [0.2, 0.25) is 0 Å². The molecule has 0 unspecified atom stereocenters. The van der Waals surface area contributed by atoms with Crippen molar-refractivity contribution in [1.29, 1.82) is 0 Å². The van der Waals surface area contributed by atoms with E-state index in [-0.39, 0.29) is 6.61 Å². The standard InChI is InChI=1S/C26H39N3O3/c1-4-12-28-13-15-29(16-14-28)19-23-10-11-25(31-3)26(17-23)32-21-24(30)20-27(2)18-22-8-6-5-7-9-22/h5-11,17,24,30H,4,12-16,18-21H2,1-3H3/t24-/m1/s1. The number of hydrogen-bond acceptors (Lipinski definition) is 6. The SMILES string of the molecule is CCCN1CCN(Cc2ccc(OC)c(OC[C@H](O)CN(C)Cc3ccccc3)c2)CC1. The third-order valence-corrected chi connectivity index (χ3v) is 5.89. The van der Waals surface area contributed by atoms with E-state index >= 15 is 0 Å². The van der Waals surface area contributed by atoms with E-state index in [1.807, 2.05) is 31.3 Å². The van der Waals surface area contributed by atoms with Crippen LogP contribution in [0.5, 0.6) is 11.5 Å². The molecule has 3 rings (SSSR count). The van der Waals surface area contributed by atoms with Gasteiger partial charge in [-0.25, -0.2) is 0 Å². The van der Waals surface area contributed by atoms with Crippen molar-refractivity contribution in [1.82, 2.24) is 14.7 Å². The molecular formula is C26H39N3O3. The number of nitrogens with zero attached hydrogens (tertiary/aromatic N) is 3. The van der Waals surface area contributed by atoms with E-state index in [9.17, 15) is 5.11 Å². The summed E-state index contributed by atoms with van der Waals surface area (Å²) in [7, 11) is 3.66. The summed E-state index contributed by atoms with van der Waals surface area (Å²) in [6.45, 7) is 10.4. The molecule has 1 atom stereocenters. The third-order valence-electron chi connectivity index (χ3n) is 5.89. The summed E-state index contributed by atoms with van der Waals surface area (Å²) in [6, 6.07) is 16.4. The van der Waals surface area contributed by atoms with Gasteiger partial charge in [-0.2, -0.15) is 0 Å². The lowest BCUT2D eigenvalue weighted by molar-refractivity contribution is 0.0731. The van der Waals surface area contributed by atoms with Gasteiger partial charge in [-0.1, -0.05) is 43.3 Å². The lowest BCUT2D eigenvalue weighted by Gasteiger charge is -2.34. The van der Waals surface area contributed by atoms with Crippen LogP contribution in [0.3, 0.4) is 0 Å². The molecule has 0 spiro atoms. The van der Waals surface area contributed by atoms with E-state index in [1.165, 1.54) is 24.1 Å². The Balaban J connectivity index is 1.49. The Morgan fingerprint density at radius 1 is 0.969 bits per heavy atom. The van der Waals surface area contributed by atoms with Crippen LogP contribution in [0.4, 0.5) is 0 Å². The number of ether oxygens (including phenoxy) is 2. The molecule has 0 radical (unpaired) electrons. The van der Waals surface area contributed by atoms with Crippen LogP contribution in [0.1, 0.15) is 24.5 Å². The molecule has 6 nitrogen and oxygen atoms in total. The van der Waals surface area contributed by atoms with Gasteiger partial charge < -0.3 is 19.5 Å². The van der Waals surface area contributed by atoms with Gasteiger partial charge in [0, 0.05) is 45.8 Å². The number of piperazine rings is 1. The van der Waals surface area contributed by atoms with Crippen molar-refractivity contribution in [2.45, 2.75) is 32.5 Å². The van der Waals surface area contributed by atoms with Crippen LogP contribution in [-0.2, 0) is 13.1 Å². The van der Waals surface area contributed by atoms with Gasteiger partial charge >= 0.3 is 0 Å². The number of hydrogen-bond donors (Lipinski definition) is 1. The zero-order valence-corrected chi connectivity index (χ0v) is 19.9. The second-order valence-corrected chi connectivity index (χ2v) is 8.75. The molecule has 1 N–H and O–H groups in total. The normalized spacial score (nSPS) is 16.3. The van der Waals surface area contributed by atoms with Crippen LogP contribution in [0, 0.1) is 0 Å². The Bertz CT molecular complexity index is 794. The molecule has 0 aliphatic carbocycles. The minimum atomic E-state index is -0.580. The smallest absolute Gasteiger partial charge is 0.161 e. The Kier molecular flexibility index (Phi) is 9.81. The van der Waals surface area contributed by atoms with E-state index in [1.54, 1.807) is 7.11 Å². The highest BCUT2D eigenvalue weighted by molar-refractivity contribution is 5.43. The van der Waals surface area contributed by atoms with E-state index < -0.39 is 6.10 Å². The van der Waals surface area contributed by atoms with Crippen LogP contribution >= 0.6 is 0 Å². The number of rotatable bonds is 12. The largest absolute Gasteiger partial charge is 0.493 e. The molecule has 1 fully saturated rings. The highest BCUT2D eigenvalue weighted by Crippen LogP contribution is 2.29. The molecule has 1 heterocycles.